The van der Waals surface area contributed by atoms with E-state index in [2.05, 4.69) is 5.32 Å². The summed E-state index contributed by atoms with van der Waals surface area (Å²) in [4.78, 5) is 11.9. The predicted octanol–water partition coefficient (Wildman–Crippen LogP) is 2.91. The van der Waals surface area contributed by atoms with Crippen molar-refractivity contribution in [1.29, 1.82) is 0 Å². The SMILES string of the molecule is NC(CNC(=O)c1ccc(Cl)c(F)c1)c1ccccc1. The van der Waals surface area contributed by atoms with Crippen molar-refractivity contribution in [2.75, 3.05) is 6.54 Å². The zero-order chi connectivity index (χ0) is 14.5. The Balaban J connectivity index is 1.97. The van der Waals surface area contributed by atoms with Crippen molar-refractivity contribution < 1.29 is 9.18 Å². The van der Waals surface area contributed by atoms with Gasteiger partial charge in [-0.25, -0.2) is 4.39 Å². The molecule has 0 radical (unpaired) electrons. The van der Waals surface area contributed by atoms with Crippen molar-refractivity contribution in [3.8, 4) is 0 Å². The number of rotatable bonds is 4. The van der Waals surface area contributed by atoms with Gasteiger partial charge in [-0.2, -0.15) is 0 Å². The van der Waals surface area contributed by atoms with E-state index in [0.29, 0.717) is 0 Å². The van der Waals surface area contributed by atoms with Gasteiger partial charge in [0.2, 0.25) is 0 Å². The van der Waals surface area contributed by atoms with Gasteiger partial charge in [-0.1, -0.05) is 41.9 Å². The summed E-state index contributed by atoms with van der Waals surface area (Å²) in [5, 5.41) is 2.66. The van der Waals surface area contributed by atoms with E-state index < -0.39 is 5.82 Å². The highest BCUT2D eigenvalue weighted by atomic mass is 35.5. The first-order valence-electron chi connectivity index (χ1n) is 6.11. The third-order valence-corrected chi connectivity index (χ3v) is 3.20. The molecule has 2 aromatic carbocycles. The summed E-state index contributed by atoms with van der Waals surface area (Å²) >= 11 is 5.57. The Morgan fingerprint density at radius 1 is 1.25 bits per heavy atom. The molecule has 1 unspecified atom stereocenters. The second kappa shape index (κ2) is 6.50. The summed E-state index contributed by atoms with van der Waals surface area (Å²) in [6.45, 7) is 0.271. The second-order valence-corrected chi connectivity index (χ2v) is 4.76. The highest BCUT2D eigenvalue weighted by Crippen LogP contribution is 2.15. The maximum absolute atomic E-state index is 13.3. The molecule has 1 amide bonds. The van der Waals surface area contributed by atoms with E-state index in [1.165, 1.54) is 12.1 Å². The number of carbonyl (C=O) groups is 1. The quantitative estimate of drug-likeness (QED) is 0.910. The number of nitrogens with two attached hydrogens (primary N) is 1. The lowest BCUT2D eigenvalue weighted by Gasteiger charge is -2.13. The molecule has 0 heterocycles. The molecular weight excluding hydrogens is 279 g/mol. The van der Waals surface area contributed by atoms with E-state index in [1.807, 2.05) is 30.3 Å². The summed E-state index contributed by atoms with van der Waals surface area (Å²) in [5.74, 6) is -1.00. The number of nitrogens with one attached hydrogen (secondary N) is 1. The van der Waals surface area contributed by atoms with Crippen molar-refractivity contribution in [2.45, 2.75) is 6.04 Å². The molecule has 3 N–H and O–H groups in total. The van der Waals surface area contributed by atoms with Crippen LogP contribution in [0.15, 0.2) is 48.5 Å². The van der Waals surface area contributed by atoms with Crippen LogP contribution in [0.2, 0.25) is 5.02 Å². The number of hydrogen-bond acceptors (Lipinski definition) is 2. The smallest absolute Gasteiger partial charge is 0.251 e. The van der Waals surface area contributed by atoms with Gasteiger partial charge >= 0.3 is 0 Å². The lowest BCUT2D eigenvalue weighted by atomic mass is 10.1. The molecule has 0 aromatic heterocycles. The number of halogens is 2. The minimum absolute atomic E-state index is 0.0115. The van der Waals surface area contributed by atoms with Gasteiger partial charge in [0.1, 0.15) is 5.82 Å². The summed E-state index contributed by atoms with van der Waals surface area (Å²) < 4.78 is 13.3. The second-order valence-electron chi connectivity index (χ2n) is 4.36. The topological polar surface area (TPSA) is 55.1 Å². The Morgan fingerprint density at radius 3 is 2.60 bits per heavy atom. The van der Waals surface area contributed by atoms with Crippen LogP contribution >= 0.6 is 11.6 Å². The Kier molecular flexibility index (Phi) is 4.71. The number of carbonyl (C=O) groups excluding carboxylic acids is 1. The van der Waals surface area contributed by atoms with Crippen molar-refractivity contribution in [1.82, 2.24) is 5.32 Å². The van der Waals surface area contributed by atoms with Crippen LogP contribution in [0, 0.1) is 5.82 Å². The molecule has 0 bridgehead atoms. The molecule has 0 saturated carbocycles. The third kappa shape index (κ3) is 3.56. The van der Waals surface area contributed by atoms with E-state index in [0.717, 1.165) is 11.6 Å². The van der Waals surface area contributed by atoms with Crippen LogP contribution in [0.25, 0.3) is 0 Å². The normalized spacial score (nSPS) is 11.9. The zero-order valence-electron chi connectivity index (χ0n) is 10.6. The lowest BCUT2D eigenvalue weighted by molar-refractivity contribution is 0.0951. The Labute approximate surface area is 121 Å². The Hall–Kier alpha value is -1.91. The van der Waals surface area contributed by atoms with Crippen molar-refractivity contribution >= 4 is 17.5 Å². The molecule has 3 nitrogen and oxygen atoms in total. The first kappa shape index (κ1) is 14.5. The predicted molar refractivity (Wildman–Crippen MR) is 77.1 cm³/mol. The first-order valence-corrected chi connectivity index (χ1v) is 6.49. The minimum atomic E-state index is -0.619. The minimum Gasteiger partial charge on any atom is -0.350 e. The van der Waals surface area contributed by atoms with Gasteiger partial charge in [0.05, 0.1) is 5.02 Å². The molecule has 0 aliphatic rings. The molecule has 0 saturated heterocycles. The number of amides is 1. The summed E-state index contributed by atoms with van der Waals surface area (Å²) in [6, 6.07) is 13.0. The molecule has 2 rings (SSSR count). The summed E-state index contributed by atoms with van der Waals surface area (Å²) in [7, 11) is 0. The molecule has 0 spiro atoms. The number of benzene rings is 2. The zero-order valence-corrected chi connectivity index (χ0v) is 11.4. The van der Waals surface area contributed by atoms with E-state index in [-0.39, 0.29) is 29.1 Å². The van der Waals surface area contributed by atoms with Gasteiger partial charge < -0.3 is 11.1 Å². The Bertz CT molecular complexity index is 604. The van der Waals surface area contributed by atoms with Crippen LogP contribution in [-0.4, -0.2) is 12.5 Å². The highest BCUT2D eigenvalue weighted by molar-refractivity contribution is 6.30. The van der Waals surface area contributed by atoms with Crippen molar-refractivity contribution in [2.24, 2.45) is 5.73 Å². The van der Waals surface area contributed by atoms with E-state index >= 15 is 0 Å². The van der Waals surface area contributed by atoms with Gasteiger partial charge in [0.15, 0.2) is 0 Å². The molecule has 20 heavy (non-hydrogen) atoms. The van der Waals surface area contributed by atoms with Gasteiger partial charge in [-0.05, 0) is 23.8 Å². The first-order chi connectivity index (χ1) is 9.58. The van der Waals surface area contributed by atoms with Crippen LogP contribution < -0.4 is 11.1 Å². The summed E-state index contributed by atoms with van der Waals surface area (Å²) in [6.07, 6.45) is 0. The summed E-state index contributed by atoms with van der Waals surface area (Å²) in [5.41, 5.74) is 7.11. The van der Waals surface area contributed by atoms with Gasteiger partial charge in [0, 0.05) is 18.2 Å². The number of hydrogen-bond donors (Lipinski definition) is 2. The fraction of sp³-hybridized carbons (Fsp3) is 0.133. The van der Waals surface area contributed by atoms with Crippen LogP contribution in [-0.2, 0) is 0 Å². The van der Waals surface area contributed by atoms with Crippen LogP contribution in [0.5, 0.6) is 0 Å². The highest BCUT2D eigenvalue weighted by Gasteiger charge is 2.11. The van der Waals surface area contributed by atoms with E-state index in [4.69, 9.17) is 17.3 Å². The van der Waals surface area contributed by atoms with Crippen LogP contribution in [0.3, 0.4) is 0 Å². The molecular formula is C15H14ClFN2O. The monoisotopic (exact) mass is 292 g/mol. The fourth-order valence-electron chi connectivity index (χ4n) is 1.76. The van der Waals surface area contributed by atoms with Crippen LogP contribution in [0.4, 0.5) is 4.39 Å². The maximum atomic E-state index is 13.3. The van der Waals surface area contributed by atoms with E-state index in [9.17, 15) is 9.18 Å². The van der Waals surface area contributed by atoms with E-state index in [1.54, 1.807) is 0 Å². The average Bonchev–Trinajstić information content (AvgIpc) is 2.48. The molecule has 104 valence electrons. The lowest BCUT2D eigenvalue weighted by Crippen LogP contribution is -2.31. The fourth-order valence-corrected chi connectivity index (χ4v) is 1.88. The third-order valence-electron chi connectivity index (χ3n) is 2.89. The van der Waals surface area contributed by atoms with Crippen molar-refractivity contribution in [3.05, 3.63) is 70.5 Å². The molecule has 1 atom stereocenters. The molecule has 2 aromatic rings. The largest absolute Gasteiger partial charge is 0.350 e. The molecule has 0 fully saturated rings. The molecule has 0 aliphatic carbocycles. The Morgan fingerprint density at radius 2 is 1.95 bits per heavy atom. The van der Waals surface area contributed by atoms with Crippen molar-refractivity contribution in [3.63, 3.8) is 0 Å². The average molecular weight is 293 g/mol. The maximum Gasteiger partial charge on any atom is 0.251 e. The van der Waals surface area contributed by atoms with Crippen LogP contribution in [0.1, 0.15) is 22.0 Å². The van der Waals surface area contributed by atoms with Gasteiger partial charge in [0.25, 0.3) is 5.91 Å². The molecule has 0 aliphatic heterocycles. The molecule has 5 heteroatoms. The van der Waals surface area contributed by atoms with Gasteiger partial charge in [-0.15, -0.1) is 0 Å². The standard InChI is InChI=1S/C15H14ClFN2O/c16-12-7-6-11(8-13(12)17)15(20)19-9-14(18)10-4-2-1-3-5-10/h1-8,14H,9,18H2,(H,19,20). The van der Waals surface area contributed by atoms with Gasteiger partial charge in [-0.3, -0.25) is 4.79 Å².